The number of aryl methyl sites for hydroxylation is 1. The van der Waals surface area contributed by atoms with Crippen LogP contribution in [-0.4, -0.2) is 63.2 Å². The number of amides is 1. The van der Waals surface area contributed by atoms with E-state index in [-0.39, 0.29) is 23.2 Å². The number of tetrazole rings is 1. The average Bonchev–Trinajstić information content (AvgIpc) is 3.12. The van der Waals surface area contributed by atoms with Crippen LogP contribution in [0.1, 0.15) is 11.1 Å². The van der Waals surface area contributed by atoms with Gasteiger partial charge in [-0.15, -0.1) is 16.7 Å². The van der Waals surface area contributed by atoms with Crippen molar-refractivity contribution in [3.05, 3.63) is 29.3 Å². The molecule has 1 fully saturated rings. The Morgan fingerprint density at radius 1 is 1.38 bits per heavy atom. The molecule has 1 amide bonds. The molecule has 1 aliphatic rings. The molecule has 3 rings (SSSR count). The molecule has 2 aromatic rings. The van der Waals surface area contributed by atoms with Crippen molar-refractivity contribution in [2.24, 2.45) is 0 Å². The highest BCUT2D eigenvalue weighted by Gasteiger charge is 2.37. The zero-order valence-electron chi connectivity index (χ0n) is 14.2. The van der Waals surface area contributed by atoms with E-state index < -0.39 is 21.3 Å². The smallest absolute Gasteiger partial charge is 0.230 e. The van der Waals surface area contributed by atoms with Gasteiger partial charge in [0.15, 0.2) is 9.84 Å². The van der Waals surface area contributed by atoms with E-state index in [0.29, 0.717) is 5.16 Å². The van der Waals surface area contributed by atoms with Crippen LogP contribution in [-0.2, 0) is 14.6 Å². The number of carbonyl (C=O) groups is 1. The molecule has 0 unspecified atom stereocenters. The van der Waals surface area contributed by atoms with E-state index in [0.717, 1.165) is 16.8 Å². The van der Waals surface area contributed by atoms with Gasteiger partial charge in [0, 0.05) is 0 Å². The molecule has 0 aliphatic carbocycles. The Kier molecular flexibility index (Phi) is 5.54. The number of sulfone groups is 1. The van der Waals surface area contributed by atoms with Gasteiger partial charge >= 0.3 is 0 Å². The van der Waals surface area contributed by atoms with Gasteiger partial charge in [-0.05, 0) is 41.5 Å². The lowest BCUT2D eigenvalue weighted by molar-refractivity contribution is -0.119. The summed E-state index contributed by atoms with van der Waals surface area (Å²) in [5.74, 6) is -0.487. The van der Waals surface area contributed by atoms with Crippen LogP contribution in [0.15, 0.2) is 23.4 Å². The summed E-state index contributed by atoms with van der Waals surface area (Å²) in [5.41, 5.74) is 3.01. The SMILES string of the molecule is Cc1cccc(-n2nnnc2SCC(=O)N[C@@H]2CS(=O)(=O)C[C@H]2Cl)c1C. The lowest BCUT2D eigenvalue weighted by atomic mass is 10.1. The van der Waals surface area contributed by atoms with Crippen LogP contribution in [0.3, 0.4) is 0 Å². The molecular weight excluding hydrogens is 398 g/mol. The first-order valence-corrected chi connectivity index (χ1v) is 11.1. The zero-order valence-corrected chi connectivity index (χ0v) is 16.6. The number of aromatic nitrogens is 4. The summed E-state index contributed by atoms with van der Waals surface area (Å²) in [6.45, 7) is 3.98. The van der Waals surface area contributed by atoms with Gasteiger partial charge in [0.1, 0.15) is 0 Å². The zero-order chi connectivity index (χ0) is 18.9. The number of nitrogens with zero attached hydrogens (tertiary/aromatic N) is 4. The Bertz CT molecular complexity index is 931. The van der Waals surface area contributed by atoms with Crippen LogP contribution in [0.2, 0.25) is 0 Å². The number of carbonyl (C=O) groups excluding carboxylic acids is 1. The van der Waals surface area contributed by atoms with Crippen molar-refractivity contribution in [1.29, 1.82) is 0 Å². The highest BCUT2D eigenvalue weighted by atomic mass is 35.5. The predicted octanol–water partition coefficient (Wildman–Crippen LogP) is 0.892. The molecule has 0 spiro atoms. The molecule has 140 valence electrons. The number of hydrogen-bond donors (Lipinski definition) is 1. The Morgan fingerprint density at radius 3 is 2.85 bits per heavy atom. The summed E-state index contributed by atoms with van der Waals surface area (Å²) in [6, 6.07) is 5.26. The summed E-state index contributed by atoms with van der Waals surface area (Å²) >= 11 is 7.18. The number of rotatable bonds is 5. The fraction of sp³-hybridized carbons (Fsp3) is 0.467. The maximum Gasteiger partial charge on any atom is 0.230 e. The van der Waals surface area contributed by atoms with Crippen LogP contribution in [0.25, 0.3) is 5.69 Å². The van der Waals surface area contributed by atoms with E-state index in [1.807, 2.05) is 32.0 Å². The summed E-state index contributed by atoms with van der Waals surface area (Å²) in [5, 5.41) is 14.2. The average molecular weight is 416 g/mol. The second kappa shape index (κ2) is 7.53. The summed E-state index contributed by atoms with van der Waals surface area (Å²) < 4.78 is 24.7. The lowest BCUT2D eigenvalue weighted by Crippen LogP contribution is -2.41. The van der Waals surface area contributed by atoms with E-state index in [1.54, 1.807) is 4.68 Å². The largest absolute Gasteiger partial charge is 0.350 e. The second-order valence-electron chi connectivity index (χ2n) is 6.15. The fourth-order valence-electron chi connectivity index (χ4n) is 2.70. The summed E-state index contributed by atoms with van der Waals surface area (Å²) in [4.78, 5) is 12.2. The number of halogens is 1. The molecule has 2 atom stereocenters. The minimum Gasteiger partial charge on any atom is -0.350 e. The van der Waals surface area contributed by atoms with E-state index in [9.17, 15) is 13.2 Å². The number of benzene rings is 1. The van der Waals surface area contributed by atoms with E-state index in [2.05, 4.69) is 20.8 Å². The maximum atomic E-state index is 12.2. The van der Waals surface area contributed by atoms with Crippen molar-refractivity contribution in [3.8, 4) is 5.69 Å². The van der Waals surface area contributed by atoms with E-state index >= 15 is 0 Å². The quantitative estimate of drug-likeness (QED) is 0.570. The van der Waals surface area contributed by atoms with Crippen molar-refractivity contribution in [3.63, 3.8) is 0 Å². The van der Waals surface area contributed by atoms with Gasteiger partial charge in [0.25, 0.3) is 0 Å². The lowest BCUT2D eigenvalue weighted by Gasteiger charge is -2.14. The third-order valence-electron chi connectivity index (χ3n) is 4.21. The Labute approximate surface area is 160 Å². The van der Waals surface area contributed by atoms with Gasteiger partial charge in [-0.1, -0.05) is 23.9 Å². The van der Waals surface area contributed by atoms with Crippen LogP contribution in [0.5, 0.6) is 0 Å². The molecule has 8 nitrogen and oxygen atoms in total. The Morgan fingerprint density at radius 2 is 2.15 bits per heavy atom. The maximum absolute atomic E-state index is 12.2. The van der Waals surface area contributed by atoms with Crippen molar-refractivity contribution in [2.45, 2.75) is 30.4 Å². The molecule has 1 aromatic carbocycles. The first kappa shape index (κ1) is 19.1. The molecule has 26 heavy (non-hydrogen) atoms. The number of thioether (sulfide) groups is 1. The van der Waals surface area contributed by atoms with Crippen molar-refractivity contribution in [2.75, 3.05) is 17.3 Å². The molecule has 0 bridgehead atoms. The number of hydrogen-bond acceptors (Lipinski definition) is 7. The van der Waals surface area contributed by atoms with Gasteiger partial charge in [-0.2, -0.15) is 4.68 Å². The molecule has 2 heterocycles. The van der Waals surface area contributed by atoms with Gasteiger partial charge in [-0.25, -0.2) is 8.42 Å². The Hall–Kier alpha value is -1.65. The van der Waals surface area contributed by atoms with Crippen molar-refractivity contribution in [1.82, 2.24) is 25.5 Å². The molecule has 1 N–H and O–H groups in total. The first-order valence-electron chi connectivity index (χ1n) is 7.88. The molecule has 11 heteroatoms. The molecule has 1 saturated heterocycles. The number of alkyl halides is 1. The minimum atomic E-state index is -3.19. The summed E-state index contributed by atoms with van der Waals surface area (Å²) in [7, 11) is -3.19. The van der Waals surface area contributed by atoms with E-state index in [1.165, 1.54) is 11.8 Å². The summed E-state index contributed by atoms with van der Waals surface area (Å²) in [6.07, 6.45) is 0. The second-order valence-corrected chi connectivity index (χ2v) is 9.80. The topological polar surface area (TPSA) is 107 Å². The highest BCUT2D eigenvalue weighted by molar-refractivity contribution is 7.99. The third kappa shape index (κ3) is 4.18. The standard InChI is InChI=1S/C15H18ClN5O3S2/c1-9-4-3-5-13(10(9)2)21-15(18-19-20-21)25-6-14(22)17-12-8-26(23,24)7-11(12)16/h3-5,11-12H,6-8H2,1-2H3,(H,17,22)/t11-,12-/m1/s1. The van der Waals surface area contributed by atoms with Crippen LogP contribution in [0, 0.1) is 13.8 Å². The molecule has 0 radical (unpaired) electrons. The molecule has 1 aromatic heterocycles. The monoisotopic (exact) mass is 415 g/mol. The molecule has 1 aliphatic heterocycles. The fourth-order valence-corrected chi connectivity index (χ4v) is 5.95. The van der Waals surface area contributed by atoms with Gasteiger partial charge in [0.05, 0.1) is 34.4 Å². The van der Waals surface area contributed by atoms with Crippen LogP contribution >= 0.6 is 23.4 Å². The van der Waals surface area contributed by atoms with Crippen LogP contribution < -0.4 is 5.32 Å². The van der Waals surface area contributed by atoms with E-state index in [4.69, 9.17) is 11.6 Å². The highest BCUT2D eigenvalue weighted by Crippen LogP contribution is 2.23. The van der Waals surface area contributed by atoms with Crippen molar-refractivity contribution < 1.29 is 13.2 Å². The Balaban J connectivity index is 1.65. The van der Waals surface area contributed by atoms with Gasteiger partial charge in [0.2, 0.25) is 11.1 Å². The molecular formula is C15H18ClN5O3S2. The van der Waals surface area contributed by atoms with Crippen LogP contribution in [0.4, 0.5) is 0 Å². The third-order valence-corrected chi connectivity index (χ3v) is 7.50. The van der Waals surface area contributed by atoms with Crippen molar-refractivity contribution >= 4 is 39.1 Å². The normalized spacial score (nSPS) is 21.7. The minimum absolute atomic E-state index is 0.0609. The molecule has 0 saturated carbocycles. The van der Waals surface area contributed by atoms with Gasteiger partial charge < -0.3 is 5.32 Å². The predicted molar refractivity (Wildman–Crippen MR) is 99.6 cm³/mol. The first-order chi connectivity index (χ1) is 12.3. The van der Waals surface area contributed by atoms with Gasteiger partial charge in [-0.3, -0.25) is 4.79 Å². The number of nitrogens with one attached hydrogen (secondary N) is 1.